The Morgan fingerprint density at radius 1 is 1.15 bits per heavy atom. The molecule has 1 aromatic heterocycles. The van der Waals surface area contributed by atoms with E-state index in [-0.39, 0.29) is 12.1 Å². The molecule has 2 aromatic carbocycles. The SMILES string of the molecule is O=C(Nc1ccccc1Cl)NC1CCCc2c1cnn2Cc1ccccc1. The lowest BCUT2D eigenvalue weighted by Gasteiger charge is -2.24. The lowest BCUT2D eigenvalue weighted by atomic mass is 9.93. The molecule has 1 aliphatic carbocycles. The molecule has 2 amide bonds. The van der Waals surface area contributed by atoms with Gasteiger partial charge in [-0.05, 0) is 37.0 Å². The maximum absolute atomic E-state index is 12.4. The van der Waals surface area contributed by atoms with Crippen LogP contribution in [0.15, 0.2) is 60.8 Å². The number of nitrogens with one attached hydrogen (secondary N) is 2. The van der Waals surface area contributed by atoms with Crippen LogP contribution in [0.25, 0.3) is 0 Å². The Morgan fingerprint density at radius 2 is 1.93 bits per heavy atom. The number of halogens is 1. The summed E-state index contributed by atoms with van der Waals surface area (Å²) in [5.41, 5.74) is 4.13. The maximum atomic E-state index is 12.4. The highest BCUT2D eigenvalue weighted by molar-refractivity contribution is 6.33. The lowest BCUT2D eigenvalue weighted by molar-refractivity contribution is 0.247. The Kier molecular flexibility index (Phi) is 5.12. The fraction of sp³-hybridized carbons (Fsp3) is 0.238. The van der Waals surface area contributed by atoms with Gasteiger partial charge < -0.3 is 10.6 Å². The molecule has 1 aliphatic rings. The highest BCUT2D eigenvalue weighted by Crippen LogP contribution is 2.30. The normalized spacial score (nSPS) is 15.8. The molecule has 4 rings (SSSR count). The van der Waals surface area contributed by atoms with Crippen LogP contribution in [0, 0.1) is 0 Å². The standard InChI is InChI=1S/C21H21ClN4O/c22-17-9-4-5-10-19(17)25-21(27)24-18-11-6-12-20-16(18)13-23-26(20)14-15-7-2-1-3-8-15/h1-5,7-10,13,18H,6,11-12,14H2,(H2,24,25,27). The number of para-hydroxylation sites is 1. The van der Waals surface area contributed by atoms with Crippen molar-refractivity contribution in [3.05, 3.63) is 82.6 Å². The van der Waals surface area contributed by atoms with E-state index >= 15 is 0 Å². The van der Waals surface area contributed by atoms with Crippen LogP contribution >= 0.6 is 11.6 Å². The number of aromatic nitrogens is 2. The summed E-state index contributed by atoms with van der Waals surface area (Å²) < 4.78 is 2.05. The van der Waals surface area contributed by atoms with Crippen molar-refractivity contribution in [2.45, 2.75) is 31.8 Å². The first kappa shape index (κ1) is 17.6. The third kappa shape index (κ3) is 3.98. The average Bonchev–Trinajstić information content (AvgIpc) is 3.08. The molecule has 0 spiro atoms. The van der Waals surface area contributed by atoms with E-state index in [1.165, 1.54) is 11.3 Å². The molecule has 27 heavy (non-hydrogen) atoms. The summed E-state index contributed by atoms with van der Waals surface area (Å²) in [5, 5.41) is 11.0. The van der Waals surface area contributed by atoms with E-state index < -0.39 is 0 Å². The van der Waals surface area contributed by atoms with Gasteiger partial charge in [-0.3, -0.25) is 4.68 Å². The van der Waals surface area contributed by atoms with Crippen molar-refractivity contribution in [3.8, 4) is 0 Å². The maximum Gasteiger partial charge on any atom is 0.319 e. The van der Waals surface area contributed by atoms with Gasteiger partial charge in [-0.2, -0.15) is 5.10 Å². The summed E-state index contributed by atoms with van der Waals surface area (Å²) >= 11 is 6.12. The van der Waals surface area contributed by atoms with E-state index in [0.717, 1.165) is 31.4 Å². The zero-order valence-electron chi connectivity index (χ0n) is 14.9. The highest BCUT2D eigenvalue weighted by atomic mass is 35.5. The van der Waals surface area contributed by atoms with Crippen LogP contribution in [0.4, 0.5) is 10.5 Å². The van der Waals surface area contributed by atoms with Crippen molar-refractivity contribution < 1.29 is 4.79 Å². The molecule has 2 N–H and O–H groups in total. The number of carbonyl (C=O) groups is 1. The zero-order chi connectivity index (χ0) is 18.6. The third-order valence-electron chi connectivity index (χ3n) is 4.87. The second-order valence-corrected chi connectivity index (χ2v) is 7.12. The fourth-order valence-electron chi connectivity index (χ4n) is 3.54. The van der Waals surface area contributed by atoms with Crippen molar-refractivity contribution in [3.63, 3.8) is 0 Å². The number of fused-ring (bicyclic) bond motifs is 1. The predicted molar refractivity (Wildman–Crippen MR) is 107 cm³/mol. The average molecular weight is 381 g/mol. The topological polar surface area (TPSA) is 59.0 Å². The van der Waals surface area contributed by atoms with Crippen LogP contribution in [-0.4, -0.2) is 15.8 Å². The van der Waals surface area contributed by atoms with Crippen LogP contribution in [0.3, 0.4) is 0 Å². The minimum Gasteiger partial charge on any atom is -0.331 e. The van der Waals surface area contributed by atoms with E-state index in [1.807, 2.05) is 41.2 Å². The molecule has 0 saturated heterocycles. The minimum atomic E-state index is -0.253. The molecule has 6 heteroatoms. The molecule has 138 valence electrons. The lowest BCUT2D eigenvalue weighted by Crippen LogP contribution is -2.34. The molecular formula is C21H21ClN4O. The van der Waals surface area contributed by atoms with Crippen molar-refractivity contribution >= 4 is 23.3 Å². The molecule has 5 nitrogen and oxygen atoms in total. The summed E-state index contributed by atoms with van der Waals surface area (Å²) in [6.07, 6.45) is 4.79. The Balaban J connectivity index is 1.47. The van der Waals surface area contributed by atoms with Gasteiger partial charge in [-0.1, -0.05) is 54.1 Å². The zero-order valence-corrected chi connectivity index (χ0v) is 15.6. The molecule has 3 aromatic rings. The first-order valence-corrected chi connectivity index (χ1v) is 9.49. The largest absolute Gasteiger partial charge is 0.331 e. The predicted octanol–water partition coefficient (Wildman–Crippen LogP) is 4.78. The van der Waals surface area contributed by atoms with Crippen LogP contribution in [0.1, 0.15) is 35.7 Å². The quantitative estimate of drug-likeness (QED) is 0.684. The number of urea groups is 1. The molecule has 0 saturated carbocycles. The summed E-state index contributed by atoms with van der Waals surface area (Å²) in [7, 11) is 0. The van der Waals surface area contributed by atoms with E-state index in [9.17, 15) is 4.79 Å². The van der Waals surface area contributed by atoms with Gasteiger partial charge in [0.25, 0.3) is 0 Å². The molecule has 1 atom stereocenters. The molecule has 0 aliphatic heterocycles. The van der Waals surface area contributed by atoms with Gasteiger partial charge >= 0.3 is 6.03 Å². The van der Waals surface area contributed by atoms with E-state index in [4.69, 9.17) is 11.6 Å². The summed E-state index contributed by atoms with van der Waals surface area (Å²) in [4.78, 5) is 12.4. The van der Waals surface area contributed by atoms with Gasteiger partial charge in [0.05, 0.1) is 29.5 Å². The van der Waals surface area contributed by atoms with E-state index in [0.29, 0.717) is 10.7 Å². The number of nitrogens with zero attached hydrogens (tertiary/aromatic N) is 2. The van der Waals surface area contributed by atoms with E-state index in [2.05, 4.69) is 27.9 Å². The van der Waals surface area contributed by atoms with E-state index in [1.54, 1.807) is 12.1 Å². The van der Waals surface area contributed by atoms with Gasteiger partial charge in [0.15, 0.2) is 0 Å². The Morgan fingerprint density at radius 3 is 2.74 bits per heavy atom. The summed E-state index contributed by atoms with van der Waals surface area (Å²) in [6, 6.07) is 17.2. The third-order valence-corrected chi connectivity index (χ3v) is 5.19. The smallest absolute Gasteiger partial charge is 0.319 e. The second kappa shape index (κ2) is 7.84. The molecule has 0 fully saturated rings. The number of anilines is 1. The summed E-state index contributed by atoms with van der Waals surface area (Å²) in [5.74, 6) is 0. The number of carbonyl (C=O) groups excluding carboxylic acids is 1. The Hall–Kier alpha value is -2.79. The van der Waals surface area contributed by atoms with Crippen LogP contribution in [0.2, 0.25) is 5.02 Å². The van der Waals surface area contributed by atoms with Gasteiger partial charge in [0.1, 0.15) is 0 Å². The molecule has 0 radical (unpaired) electrons. The van der Waals surface area contributed by atoms with Crippen molar-refractivity contribution in [2.75, 3.05) is 5.32 Å². The Labute approximate surface area is 163 Å². The molecule has 1 heterocycles. The Bertz CT molecular complexity index is 938. The highest BCUT2D eigenvalue weighted by Gasteiger charge is 2.25. The number of hydrogen-bond acceptors (Lipinski definition) is 2. The number of amides is 2. The van der Waals surface area contributed by atoms with Crippen molar-refractivity contribution in [2.24, 2.45) is 0 Å². The number of hydrogen-bond donors (Lipinski definition) is 2. The molecular weight excluding hydrogens is 360 g/mol. The van der Waals surface area contributed by atoms with Gasteiger partial charge in [-0.25, -0.2) is 4.79 Å². The molecule has 0 bridgehead atoms. The minimum absolute atomic E-state index is 0.0410. The van der Waals surface area contributed by atoms with Crippen molar-refractivity contribution in [1.29, 1.82) is 0 Å². The first-order chi connectivity index (χ1) is 13.2. The summed E-state index contributed by atoms with van der Waals surface area (Å²) in [6.45, 7) is 0.745. The van der Waals surface area contributed by atoms with Gasteiger partial charge in [0.2, 0.25) is 0 Å². The number of benzene rings is 2. The number of rotatable bonds is 4. The van der Waals surface area contributed by atoms with Crippen LogP contribution < -0.4 is 10.6 Å². The van der Waals surface area contributed by atoms with Gasteiger partial charge in [-0.15, -0.1) is 0 Å². The van der Waals surface area contributed by atoms with Crippen molar-refractivity contribution in [1.82, 2.24) is 15.1 Å². The second-order valence-electron chi connectivity index (χ2n) is 6.71. The van der Waals surface area contributed by atoms with Crippen LogP contribution in [0.5, 0.6) is 0 Å². The molecule has 1 unspecified atom stereocenters. The van der Waals surface area contributed by atoms with Gasteiger partial charge in [0, 0.05) is 11.3 Å². The fourth-order valence-corrected chi connectivity index (χ4v) is 3.72. The van der Waals surface area contributed by atoms with Crippen LogP contribution in [-0.2, 0) is 13.0 Å². The monoisotopic (exact) mass is 380 g/mol. The first-order valence-electron chi connectivity index (χ1n) is 9.11.